The Balaban J connectivity index is 3.34. The number of hydrogen-bond acceptors (Lipinski definition) is 5. The Morgan fingerprint density at radius 3 is 1.40 bits per heavy atom. The van der Waals surface area contributed by atoms with Crippen molar-refractivity contribution in [3.8, 4) is 0 Å². The van der Waals surface area contributed by atoms with Crippen LogP contribution in [0.2, 0.25) is 0 Å². The van der Waals surface area contributed by atoms with E-state index in [9.17, 15) is 16.8 Å². The zero-order valence-electron chi connectivity index (χ0n) is 7.99. The van der Waals surface area contributed by atoms with E-state index in [0.717, 1.165) is 0 Å². The maximum Gasteiger partial charge on any atom is 0.264 e. The van der Waals surface area contributed by atoms with Gasteiger partial charge >= 0.3 is 0 Å². The highest BCUT2D eigenvalue weighted by atomic mass is 32.2. The second-order valence-corrected chi connectivity index (χ2v) is 7.26. The van der Waals surface area contributed by atoms with Crippen molar-refractivity contribution in [2.75, 3.05) is 23.0 Å². The van der Waals surface area contributed by atoms with Crippen molar-refractivity contribution in [3.05, 3.63) is 0 Å². The van der Waals surface area contributed by atoms with Gasteiger partial charge in [0.25, 0.3) is 20.2 Å². The Morgan fingerprint density at radius 2 is 1.13 bits per heavy atom. The molecule has 0 saturated heterocycles. The molecule has 0 aromatic carbocycles. The quantitative estimate of drug-likeness (QED) is 0.484. The van der Waals surface area contributed by atoms with Crippen molar-refractivity contribution in [1.29, 1.82) is 0 Å². The topological polar surface area (TPSA) is 109 Å². The highest BCUT2D eigenvalue weighted by molar-refractivity contribution is 7.99. The van der Waals surface area contributed by atoms with Crippen LogP contribution in [0.1, 0.15) is 12.8 Å². The van der Waals surface area contributed by atoms with Gasteiger partial charge in [-0.2, -0.15) is 28.6 Å². The molecule has 2 N–H and O–H groups in total. The summed E-state index contributed by atoms with van der Waals surface area (Å²) >= 11 is 1.38. The van der Waals surface area contributed by atoms with Crippen LogP contribution in [0, 0.1) is 0 Å². The van der Waals surface area contributed by atoms with E-state index in [1.165, 1.54) is 11.8 Å². The minimum Gasteiger partial charge on any atom is -0.286 e. The van der Waals surface area contributed by atoms with Gasteiger partial charge < -0.3 is 0 Å². The molecule has 0 atom stereocenters. The van der Waals surface area contributed by atoms with Crippen LogP contribution in [0.25, 0.3) is 0 Å². The Kier molecular flexibility index (Phi) is 6.76. The molecule has 0 bridgehead atoms. The maximum absolute atomic E-state index is 10.3. The van der Waals surface area contributed by atoms with E-state index < -0.39 is 20.2 Å². The number of hydrogen-bond donors (Lipinski definition) is 2. The van der Waals surface area contributed by atoms with Gasteiger partial charge in [0.15, 0.2) is 0 Å². The molecule has 0 aliphatic rings. The average molecular weight is 278 g/mol. The summed E-state index contributed by atoms with van der Waals surface area (Å²) in [4.78, 5) is 0. The summed E-state index contributed by atoms with van der Waals surface area (Å²) in [6.07, 6.45) is 0.657. The molecular weight excluding hydrogens is 264 g/mol. The normalized spacial score (nSPS) is 12.9. The largest absolute Gasteiger partial charge is 0.286 e. The molecule has 0 rings (SSSR count). The Morgan fingerprint density at radius 1 is 0.800 bits per heavy atom. The van der Waals surface area contributed by atoms with Crippen molar-refractivity contribution < 1.29 is 25.9 Å². The Bertz CT molecular complexity index is 320. The molecule has 6 nitrogen and oxygen atoms in total. The van der Waals surface area contributed by atoms with Gasteiger partial charge in [-0.25, -0.2) is 0 Å². The first-order chi connectivity index (χ1) is 6.71. The van der Waals surface area contributed by atoms with Gasteiger partial charge in [-0.3, -0.25) is 9.11 Å². The van der Waals surface area contributed by atoms with Gasteiger partial charge in [0.2, 0.25) is 0 Å². The molecule has 0 amide bonds. The average Bonchev–Trinajstić information content (AvgIpc) is 1.98. The molecule has 0 unspecified atom stereocenters. The lowest BCUT2D eigenvalue weighted by atomic mass is 10.6. The summed E-state index contributed by atoms with van der Waals surface area (Å²) in [6, 6.07) is 0. The van der Waals surface area contributed by atoms with E-state index in [-0.39, 0.29) is 11.5 Å². The monoisotopic (exact) mass is 278 g/mol. The molecule has 0 aromatic rings. The highest BCUT2D eigenvalue weighted by Crippen LogP contribution is 2.06. The van der Waals surface area contributed by atoms with E-state index in [4.69, 9.17) is 9.11 Å². The van der Waals surface area contributed by atoms with Crippen LogP contribution in [0.4, 0.5) is 0 Å². The molecule has 0 saturated carbocycles. The van der Waals surface area contributed by atoms with Gasteiger partial charge in [0, 0.05) is 0 Å². The highest BCUT2D eigenvalue weighted by Gasteiger charge is 2.05. The lowest BCUT2D eigenvalue weighted by Crippen LogP contribution is -2.06. The van der Waals surface area contributed by atoms with Crippen LogP contribution in [-0.2, 0) is 20.2 Å². The Labute approximate surface area is 93.9 Å². The zero-order chi connectivity index (χ0) is 11.9. The first kappa shape index (κ1) is 15.2. The van der Waals surface area contributed by atoms with Crippen LogP contribution in [0.5, 0.6) is 0 Å². The summed E-state index contributed by atoms with van der Waals surface area (Å²) < 4.78 is 57.9. The van der Waals surface area contributed by atoms with Gasteiger partial charge in [-0.05, 0) is 24.3 Å². The molecule has 15 heavy (non-hydrogen) atoms. The SMILES string of the molecule is O=S(=O)(O)CCCSCCCS(=O)(=O)O. The number of rotatable bonds is 8. The van der Waals surface area contributed by atoms with Crippen molar-refractivity contribution in [2.24, 2.45) is 0 Å². The van der Waals surface area contributed by atoms with E-state index in [0.29, 0.717) is 24.3 Å². The fraction of sp³-hybridized carbons (Fsp3) is 1.00. The van der Waals surface area contributed by atoms with Gasteiger partial charge in [-0.15, -0.1) is 0 Å². The van der Waals surface area contributed by atoms with E-state index in [2.05, 4.69) is 0 Å². The van der Waals surface area contributed by atoms with Crippen LogP contribution in [0.15, 0.2) is 0 Å². The molecular formula is C6H14O6S3. The van der Waals surface area contributed by atoms with E-state index in [1.807, 2.05) is 0 Å². The predicted molar refractivity (Wildman–Crippen MR) is 59.4 cm³/mol. The predicted octanol–water partition coefficient (Wildman–Crippen LogP) is 0.275. The summed E-state index contributed by atoms with van der Waals surface area (Å²) in [5, 5.41) is 0. The van der Waals surface area contributed by atoms with Crippen molar-refractivity contribution >= 4 is 32.0 Å². The van der Waals surface area contributed by atoms with Gasteiger partial charge in [0.1, 0.15) is 0 Å². The van der Waals surface area contributed by atoms with Gasteiger partial charge in [0.05, 0.1) is 11.5 Å². The smallest absolute Gasteiger partial charge is 0.264 e. The van der Waals surface area contributed by atoms with Crippen LogP contribution < -0.4 is 0 Å². The maximum atomic E-state index is 10.3. The summed E-state index contributed by atoms with van der Waals surface area (Å²) in [7, 11) is -7.78. The fourth-order valence-corrected chi connectivity index (χ4v) is 3.07. The molecule has 0 aliphatic heterocycles. The second kappa shape index (κ2) is 6.69. The first-order valence-corrected chi connectivity index (χ1v) is 8.56. The van der Waals surface area contributed by atoms with E-state index in [1.54, 1.807) is 0 Å². The lowest BCUT2D eigenvalue weighted by Gasteiger charge is -1.99. The minimum absolute atomic E-state index is 0.279. The molecule has 92 valence electrons. The van der Waals surface area contributed by atoms with Crippen molar-refractivity contribution in [1.82, 2.24) is 0 Å². The van der Waals surface area contributed by atoms with Crippen LogP contribution in [-0.4, -0.2) is 49.0 Å². The van der Waals surface area contributed by atoms with Crippen molar-refractivity contribution in [3.63, 3.8) is 0 Å². The molecule has 9 heteroatoms. The second-order valence-electron chi connectivity index (χ2n) is 2.89. The summed E-state index contributed by atoms with van der Waals surface area (Å²) in [6.45, 7) is 0. The first-order valence-electron chi connectivity index (χ1n) is 4.19. The molecule has 0 fully saturated rings. The van der Waals surface area contributed by atoms with E-state index >= 15 is 0 Å². The molecule has 0 spiro atoms. The third kappa shape index (κ3) is 14.2. The van der Waals surface area contributed by atoms with Crippen molar-refractivity contribution in [2.45, 2.75) is 12.8 Å². The fourth-order valence-electron chi connectivity index (χ4n) is 0.789. The standard InChI is InChI=1S/C6H14O6S3/c7-14(8,9)5-1-3-13-4-2-6-15(10,11)12/h1-6H2,(H,7,8,9)(H,10,11,12). The molecule has 0 aliphatic carbocycles. The number of thioether (sulfide) groups is 1. The van der Waals surface area contributed by atoms with Gasteiger partial charge in [-0.1, -0.05) is 0 Å². The third-order valence-electron chi connectivity index (χ3n) is 1.38. The zero-order valence-corrected chi connectivity index (χ0v) is 10.4. The Hall–Kier alpha value is 0.170. The third-order valence-corrected chi connectivity index (χ3v) is 4.15. The minimum atomic E-state index is -3.89. The molecule has 0 aromatic heterocycles. The summed E-state index contributed by atoms with van der Waals surface area (Å²) in [5.41, 5.74) is 0. The molecule has 0 radical (unpaired) electrons. The summed E-state index contributed by atoms with van der Waals surface area (Å²) in [5.74, 6) is 0.507. The molecule has 0 heterocycles. The van der Waals surface area contributed by atoms with Crippen LogP contribution in [0.3, 0.4) is 0 Å². The lowest BCUT2D eigenvalue weighted by molar-refractivity contribution is 0.480. The van der Waals surface area contributed by atoms with Crippen LogP contribution >= 0.6 is 11.8 Å².